The maximum absolute atomic E-state index is 13.7. The van der Waals surface area contributed by atoms with Gasteiger partial charge in [-0.1, -0.05) is 12.1 Å². The average molecular weight is 395 g/mol. The van der Waals surface area contributed by atoms with Gasteiger partial charge in [-0.05, 0) is 58.1 Å². The first-order valence-electron chi connectivity index (χ1n) is 7.53. The lowest BCUT2D eigenvalue weighted by Crippen LogP contribution is -2.39. The third-order valence-electron chi connectivity index (χ3n) is 4.06. The largest absolute Gasteiger partial charge is 0.444 e. The molecule has 1 atom stereocenters. The van der Waals surface area contributed by atoms with Crippen molar-refractivity contribution in [2.75, 3.05) is 13.6 Å². The number of halogens is 2. The van der Waals surface area contributed by atoms with Gasteiger partial charge in [0.15, 0.2) is 10.4 Å². The van der Waals surface area contributed by atoms with Crippen LogP contribution in [0.3, 0.4) is 0 Å². The molecule has 3 rings (SSSR count). The fourth-order valence-corrected chi connectivity index (χ4v) is 3.21. The second-order valence-electron chi connectivity index (χ2n) is 5.73. The van der Waals surface area contributed by atoms with E-state index in [1.807, 2.05) is 6.07 Å². The molecule has 1 N–H and O–H groups in total. The first kappa shape index (κ1) is 16.7. The zero-order chi connectivity index (χ0) is 17.3. The van der Waals surface area contributed by atoms with Gasteiger partial charge in [-0.2, -0.15) is 0 Å². The molecule has 0 radical (unpaired) electrons. The highest BCUT2D eigenvalue weighted by Gasteiger charge is 2.27. The van der Waals surface area contributed by atoms with E-state index < -0.39 is 0 Å². The van der Waals surface area contributed by atoms with Crippen LogP contribution >= 0.6 is 15.9 Å². The maximum atomic E-state index is 13.7. The summed E-state index contributed by atoms with van der Waals surface area (Å²) in [7, 11) is 1.53. The molecule has 1 aliphatic carbocycles. The van der Waals surface area contributed by atoms with Gasteiger partial charge in [0.2, 0.25) is 5.91 Å². The molecule has 0 aliphatic heterocycles. The van der Waals surface area contributed by atoms with Gasteiger partial charge in [0.05, 0.1) is 12.6 Å². The topological polar surface area (TPSA) is 62.6 Å². The monoisotopic (exact) mass is 394 g/mol. The van der Waals surface area contributed by atoms with Gasteiger partial charge in [-0.3, -0.25) is 9.59 Å². The van der Waals surface area contributed by atoms with Crippen molar-refractivity contribution < 1.29 is 18.4 Å². The van der Waals surface area contributed by atoms with Crippen LogP contribution in [0.5, 0.6) is 0 Å². The fraction of sp³-hybridized carbons (Fsp3) is 0.294. The molecule has 7 heteroatoms. The number of furan rings is 1. The van der Waals surface area contributed by atoms with Crippen molar-refractivity contribution in [1.82, 2.24) is 10.2 Å². The van der Waals surface area contributed by atoms with Crippen molar-refractivity contribution in [3.63, 3.8) is 0 Å². The van der Waals surface area contributed by atoms with Crippen LogP contribution in [0.25, 0.3) is 0 Å². The second-order valence-corrected chi connectivity index (χ2v) is 6.51. The summed E-state index contributed by atoms with van der Waals surface area (Å²) in [4.78, 5) is 25.6. The van der Waals surface area contributed by atoms with E-state index in [0.29, 0.717) is 23.1 Å². The molecule has 126 valence electrons. The van der Waals surface area contributed by atoms with Crippen LogP contribution in [-0.2, 0) is 11.2 Å². The molecule has 1 heterocycles. The van der Waals surface area contributed by atoms with Crippen LogP contribution in [0.2, 0.25) is 0 Å². The SMILES string of the molecule is CN(CC(=O)N[C@H]1CCc2c(F)cccc21)C(=O)c1ccc(Br)o1. The third kappa shape index (κ3) is 3.36. The third-order valence-corrected chi connectivity index (χ3v) is 4.49. The molecule has 1 aromatic carbocycles. The number of carbonyl (C=O) groups excluding carboxylic acids is 2. The van der Waals surface area contributed by atoms with Crippen molar-refractivity contribution in [1.29, 1.82) is 0 Å². The molecule has 0 unspecified atom stereocenters. The van der Waals surface area contributed by atoms with Gasteiger partial charge in [0, 0.05) is 7.05 Å². The normalized spacial score (nSPS) is 15.9. The summed E-state index contributed by atoms with van der Waals surface area (Å²) >= 11 is 3.13. The Morgan fingerprint density at radius 2 is 2.17 bits per heavy atom. The van der Waals surface area contributed by atoms with Gasteiger partial charge in [0.1, 0.15) is 5.82 Å². The molecule has 0 spiro atoms. The van der Waals surface area contributed by atoms with Gasteiger partial charge in [0.25, 0.3) is 5.91 Å². The Morgan fingerprint density at radius 1 is 1.38 bits per heavy atom. The van der Waals surface area contributed by atoms with Crippen molar-refractivity contribution in [3.05, 3.63) is 57.7 Å². The lowest BCUT2D eigenvalue weighted by atomic mass is 10.1. The maximum Gasteiger partial charge on any atom is 0.289 e. The Labute approximate surface area is 146 Å². The van der Waals surface area contributed by atoms with E-state index in [-0.39, 0.29) is 36.0 Å². The van der Waals surface area contributed by atoms with E-state index in [1.54, 1.807) is 12.1 Å². The number of hydrogen-bond acceptors (Lipinski definition) is 3. The van der Waals surface area contributed by atoms with E-state index in [1.165, 1.54) is 24.1 Å². The standard InChI is InChI=1S/C17H16BrFN2O3/c1-21(17(23)14-7-8-15(18)24-14)9-16(22)20-13-6-5-10-11(13)3-2-4-12(10)19/h2-4,7-8,13H,5-6,9H2,1H3,(H,20,22)/t13-/m0/s1. The van der Waals surface area contributed by atoms with Crippen molar-refractivity contribution in [2.45, 2.75) is 18.9 Å². The molecular formula is C17H16BrFN2O3. The Hall–Kier alpha value is -2.15. The first-order valence-corrected chi connectivity index (χ1v) is 8.32. The molecule has 2 amide bonds. The van der Waals surface area contributed by atoms with Crippen LogP contribution in [0.1, 0.15) is 34.1 Å². The lowest BCUT2D eigenvalue weighted by molar-refractivity contribution is -0.122. The van der Waals surface area contributed by atoms with Crippen LogP contribution < -0.4 is 5.32 Å². The Kier molecular flexibility index (Phi) is 4.71. The summed E-state index contributed by atoms with van der Waals surface area (Å²) in [5, 5.41) is 2.87. The fourth-order valence-electron chi connectivity index (χ4n) is 2.90. The first-order chi connectivity index (χ1) is 11.5. The molecular weight excluding hydrogens is 379 g/mol. The zero-order valence-corrected chi connectivity index (χ0v) is 14.6. The Bertz CT molecular complexity index is 790. The molecule has 0 fully saturated rings. The number of carbonyl (C=O) groups is 2. The Morgan fingerprint density at radius 3 is 2.88 bits per heavy atom. The summed E-state index contributed by atoms with van der Waals surface area (Å²) in [5.74, 6) is -0.752. The molecule has 24 heavy (non-hydrogen) atoms. The number of hydrogen-bond donors (Lipinski definition) is 1. The molecule has 1 aliphatic rings. The number of nitrogens with one attached hydrogen (secondary N) is 1. The van der Waals surface area contributed by atoms with E-state index in [4.69, 9.17) is 4.42 Å². The Balaban J connectivity index is 1.61. The van der Waals surface area contributed by atoms with Crippen molar-refractivity contribution in [3.8, 4) is 0 Å². The summed E-state index contributed by atoms with van der Waals surface area (Å²) in [5.41, 5.74) is 1.47. The van der Waals surface area contributed by atoms with Crippen LogP contribution in [-0.4, -0.2) is 30.3 Å². The molecule has 5 nitrogen and oxygen atoms in total. The number of amides is 2. The molecule has 1 aromatic heterocycles. The average Bonchev–Trinajstić information content (AvgIpc) is 3.14. The summed E-state index contributed by atoms with van der Waals surface area (Å²) in [6.07, 6.45) is 1.26. The summed E-state index contributed by atoms with van der Waals surface area (Å²) < 4.78 is 19.4. The second kappa shape index (κ2) is 6.76. The summed E-state index contributed by atoms with van der Waals surface area (Å²) in [6, 6.07) is 7.83. The van der Waals surface area contributed by atoms with E-state index in [2.05, 4.69) is 21.2 Å². The van der Waals surface area contributed by atoms with Gasteiger partial charge in [-0.25, -0.2) is 4.39 Å². The number of benzene rings is 1. The van der Waals surface area contributed by atoms with Crippen molar-refractivity contribution in [2.24, 2.45) is 0 Å². The predicted octanol–water partition coefficient (Wildman–Crippen LogP) is 3.06. The highest BCUT2D eigenvalue weighted by atomic mass is 79.9. The highest BCUT2D eigenvalue weighted by molar-refractivity contribution is 9.10. The van der Waals surface area contributed by atoms with Gasteiger partial charge < -0.3 is 14.6 Å². The molecule has 0 saturated carbocycles. The molecule has 0 saturated heterocycles. The van der Waals surface area contributed by atoms with Crippen molar-refractivity contribution >= 4 is 27.7 Å². The highest BCUT2D eigenvalue weighted by Crippen LogP contribution is 2.32. The zero-order valence-electron chi connectivity index (χ0n) is 13.0. The number of rotatable bonds is 4. The van der Waals surface area contributed by atoms with E-state index >= 15 is 0 Å². The number of nitrogens with zero attached hydrogens (tertiary/aromatic N) is 1. The minimum absolute atomic E-state index is 0.0989. The van der Waals surface area contributed by atoms with Crippen LogP contribution in [0.4, 0.5) is 4.39 Å². The smallest absolute Gasteiger partial charge is 0.289 e. The van der Waals surface area contributed by atoms with Gasteiger partial charge >= 0.3 is 0 Å². The molecule has 2 aromatic rings. The van der Waals surface area contributed by atoms with E-state index in [9.17, 15) is 14.0 Å². The quantitative estimate of drug-likeness (QED) is 0.866. The predicted molar refractivity (Wildman–Crippen MR) is 89.0 cm³/mol. The summed E-state index contributed by atoms with van der Waals surface area (Å²) in [6.45, 7) is -0.0989. The van der Waals surface area contributed by atoms with Gasteiger partial charge in [-0.15, -0.1) is 0 Å². The number of likely N-dealkylation sites (N-methyl/N-ethyl adjacent to an activating group) is 1. The van der Waals surface area contributed by atoms with E-state index in [0.717, 1.165) is 5.56 Å². The molecule has 0 bridgehead atoms. The van der Waals surface area contributed by atoms with Crippen LogP contribution in [0, 0.1) is 5.82 Å². The van der Waals surface area contributed by atoms with Crippen LogP contribution in [0.15, 0.2) is 39.4 Å². The number of fused-ring (bicyclic) bond motifs is 1. The minimum atomic E-state index is -0.381. The minimum Gasteiger partial charge on any atom is -0.444 e. The lowest BCUT2D eigenvalue weighted by Gasteiger charge is -2.18.